The van der Waals surface area contributed by atoms with E-state index in [9.17, 15) is 9.59 Å². The summed E-state index contributed by atoms with van der Waals surface area (Å²) in [6.45, 7) is 1.09. The molecule has 5 nitrogen and oxygen atoms in total. The molecular formula is C21H22N2O3S. The largest absolute Gasteiger partial charge is 0.495 e. The fourth-order valence-electron chi connectivity index (χ4n) is 3.74. The molecule has 2 aromatic rings. The molecule has 2 heterocycles. The van der Waals surface area contributed by atoms with Crippen LogP contribution in [0.5, 0.6) is 5.75 Å². The van der Waals surface area contributed by atoms with Crippen molar-refractivity contribution < 1.29 is 14.3 Å². The summed E-state index contributed by atoms with van der Waals surface area (Å²) in [5.41, 5.74) is 1.69. The molecule has 0 bridgehead atoms. The van der Waals surface area contributed by atoms with Crippen molar-refractivity contribution in [2.24, 2.45) is 5.92 Å². The monoisotopic (exact) mass is 382 g/mol. The number of nitrogens with zero attached hydrogens (tertiary/aromatic N) is 2. The smallest absolute Gasteiger partial charge is 0.232 e. The van der Waals surface area contributed by atoms with E-state index >= 15 is 0 Å². The van der Waals surface area contributed by atoms with Crippen molar-refractivity contribution in [1.29, 1.82) is 0 Å². The van der Waals surface area contributed by atoms with Crippen LogP contribution in [0.15, 0.2) is 53.4 Å². The lowest BCUT2D eigenvalue weighted by Gasteiger charge is -2.25. The molecule has 0 aromatic heterocycles. The van der Waals surface area contributed by atoms with E-state index in [1.54, 1.807) is 23.8 Å². The lowest BCUT2D eigenvalue weighted by atomic mass is 10.1. The predicted molar refractivity (Wildman–Crippen MR) is 108 cm³/mol. The second-order valence-corrected chi connectivity index (χ2v) is 7.87. The van der Waals surface area contributed by atoms with E-state index in [0.717, 1.165) is 28.4 Å². The Morgan fingerprint density at radius 3 is 2.67 bits per heavy atom. The third-order valence-electron chi connectivity index (χ3n) is 5.06. The average Bonchev–Trinajstić information content (AvgIpc) is 2.96. The number of amides is 2. The van der Waals surface area contributed by atoms with Gasteiger partial charge in [-0.1, -0.05) is 24.3 Å². The molecule has 1 unspecified atom stereocenters. The zero-order valence-corrected chi connectivity index (χ0v) is 16.1. The lowest BCUT2D eigenvalue weighted by molar-refractivity contribution is -0.124. The number of carbonyl (C=O) groups excluding carboxylic acids is 2. The molecule has 1 fully saturated rings. The first kappa shape index (κ1) is 17.9. The van der Waals surface area contributed by atoms with Crippen molar-refractivity contribution in [3.63, 3.8) is 0 Å². The Kier molecular flexibility index (Phi) is 5.07. The van der Waals surface area contributed by atoms with Gasteiger partial charge in [-0.15, -0.1) is 11.8 Å². The molecule has 2 aromatic carbocycles. The summed E-state index contributed by atoms with van der Waals surface area (Å²) < 4.78 is 5.39. The molecule has 2 aliphatic rings. The highest BCUT2D eigenvalue weighted by Crippen LogP contribution is 2.37. The van der Waals surface area contributed by atoms with Gasteiger partial charge < -0.3 is 14.5 Å². The maximum absolute atomic E-state index is 13.3. The van der Waals surface area contributed by atoms with Crippen LogP contribution in [0.1, 0.15) is 12.8 Å². The molecule has 1 saturated heterocycles. The van der Waals surface area contributed by atoms with Gasteiger partial charge >= 0.3 is 0 Å². The molecule has 2 aliphatic heterocycles. The third-order valence-corrected chi connectivity index (χ3v) is 6.20. The quantitative estimate of drug-likeness (QED) is 0.814. The molecule has 6 heteroatoms. The summed E-state index contributed by atoms with van der Waals surface area (Å²) in [7, 11) is 1.59. The Balaban J connectivity index is 1.58. The maximum Gasteiger partial charge on any atom is 0.232 e. The van der Waals surface area contributed by atoms with Crippen molar-refractivity contribution in [3.8, 4) is 5.75 Å². The second-order valence-electron chi connectivity index (χ2n) is 6.74. The average molecular weight is 382 g/mol. The molecule has 27 heavy (non-hydrogen) atoms. The Morgan fingerprint density at radius 2 is 1.85 bits per heavy atom. The van der Waals surface area contributed by atoms with Gasteiger partial charge in [0, 0.05) is 24.4 Å². The van der Waals surface area contributed by atoms with E-state index in [4.69, 9.17) is 4.74 Å². The van der Waals surface area contributed by atoms with Gasteiger partial charge in [-0.05, 0) is 36.4 Å². The Morgan fingerprint density at radius 1 is 1.11 bits per heavy atom. The zero-order valence-electron chi connectivity index (χ0n) is 15.3. The summed E-state index contributed by atoms with van der Waals surface area (Å²) in [5.74, 6) is 1.32. The van der Waals surface area contributed by atoms with Crippen LogP contribution in [0, 0.1) is 5.92 Å². The Labute approximate surface area is 163 Å². The molecule has 0 radical (unpaired) electrons. The summed E-state index contributed by atoms with van der Waals surface area (Å²) >= 11 is 1.79. The first-order valence-corrected chi connectivity index (χ1v) is 10.1. The normalized spacial score (nSPS) is 19.6. The maximum atomic E-state index is 13.3. The van der Waals surface area contributed by atoms with Gasteiger partial charge in [-0.3, -0.25) is 9.59 Å². The first-order valence-electron chi connectivity index (χ1n) is 9.15. The molecular weight excluding hydrogens is 360 g/mol. The zero-order chi connectivity index (χ0) is 18.8. The minimum Gasteiger partial charge on any atom is -0.495 e. The van der Waals surface area contributed by atoms with Crippen molar-refractivity contribution >= 4 is 35.0 Å². The second kappa shape index (κ2) is 7.64. The van der Waals surface area contributed by atoms with Crippen LogP contribution in [-0.2, 0) is 9.59 Å². The van der Waals surface area contributed by atoms with Crippen LogP contribution in [0.3, 0.4) is 0 Å². The number of hydrogen-bond donors (Lipinski definition) is 0. The number of ether oxygens (including phenoxy) is 1. The number of thioether (sulfide) groups is 1. The van der Waals surface area contributed by atoms with Crippen molar-refractivity contribution in [1.82, 2.24) is 0 Å². The Hall–Kier alpha value is -2.47. The summed E-state index contributed by atoms with van der Waals surface area (Å²) in [6, 6.07) is 15.5. The van der Waals surface area contributed by atoms with E-state index < -0.39 is 0 Å². The molecule has 1 atom stereocenters. The molecule has 0 spiro atoms. The highest BCUT2D eigenvalue weighted by atomic mass is 32.2. The van der Waals surface area contributed by atoms with E-state index in [1.165, 1.54) is 0 Å². The van der Waals surface area contributed by atoms with Crippen LogP contribution < -0.4 is 14.5 Å². The highest BCUT2D eigenvalue weighted by Gasteiger charge is 2.39. The number of carbonyl (C=O) groups is 2. The van der Waals surface area contributed by atoms with Crippen LogP contribution in [0.4, 0.5) is 11.4 Å². The van der Waals surface area contributed by atoms with E-state index in [2.05, 4.69) is 6.07 Å². The van der Waals surface area contributed by atoms with Crippen LogP contribution in [-0.4, -0.2) is 37.8 Å². The third kappa shape index (κ3) is 3.41. The number of benzene rings is 2. The van der Waals surface area contributed by atoms with E-state index in [1.807, 2.05) is 47.4 Å². The number of methoxy groups -OCH3 is 1. The Bertz CT molecular complexity index is 870. The molecule has 0 aliphatic carbocycles. The minimum atomic E-state index is -0.335. The number of anilines is 2. The van der Waals surface area contributed by atoms with E-state index in [-0.39, 0.29) is 24.2 Å². The number of rotatable bonds is 3. The van der Waals surface area contributed by atoms with Crippen molar-refractivity contribution in [3.05, 3.63) is 48.5 Å². The standard InChI is InChI=1S/C21H22N2O3S/c1-26-18-9-4-2-7-16(18)23-14-15(13-20(23)24)21(25)22-11-6-12-27-19-10-5-3-8-17(19)22/h2-5,7-10,15H,6,11-14H2,1H3. The first-order chi connectivity index (χ1) is 13.2. The molecule has 140 valence electrons. The van der Waals surface area contributed by atoms with Crippen LogP contribution in [0.25, 0.3) is 0 Å². The number of hydrogen-bond acceptors (Lipinski definition) is 4. The van der Waals surface area contributed by atoms with Gasteiger partial charge in [0.05, 0.1) is 24.4 Å². The minimum absolute atomic E-state index is 0.0321. The number of para-hydroxylation sites is 3. The van der Waals surface area contributed by atoms with Crippen molar-refractivity contribution in [2.45, 2.75) is 17.7 Å². The molecule has 0 N–H and O–H groups in total. The summed E-state index contributed by atoms with van der Waals surface area (Å²) in [6.07, 6.45) is 1.19. The van der Waals surface area contributed by atoms with Gasteiger partial charge in [0.15, 0.2) is 0 Å². The van der Waals surface area contributed by atoms with Gasteiger partial charge in [-0.25, -0.2) is 0 Å². The topological polar surface area (TPSA) is 49.9 Å². The lowest BCUT2D eigenvalue weighted by Crippen LogP contribution is -2.38. The molecule has 2 amide bonds. The number of fused-ring (bicyclic) bond motifs is 1. The van der Waals surface area contributed by atoms with Crippen molar-refractivity contribution in [2.75, 3.05) is 35.8 Å². The fraction of sp³-hybridized carbons (Fsp3) is 0.333. The molecule has 4 rings (SSSR count). The predicted octanol–water partition coefficient (Wildman–Crippen LogP) is 3.58. The van der Waals surface area contributed by atoms with Gasteiger partial charge in [0.2, 0.25) is 11.8 Å². The van der Waals surface area contributed by atoms with Gasteiger partial charge in [-0.2, -0.15) is 0 Å². The van der Waals surface area contributed by atoms with Gasteiger partial charge in [0.1, 0.15) is 5.75 Å². The summed E-state index contributed by atoms with van der Waals surface area (Å²) in [4.78, 5) is 30.6. The SMILES string of the molecule is COc1ccccc1N1CC(C(=O)N2CCCSc3ccccc32)CC1=O. The highest BCUT2D eigenvalue weighted by molar-refractivity contribution is 7.99. The van der Waals surface area contributed by atoms with Crippen LogP contribution >= 0.6 is 11.8 Å². The van der Waals surface area contributed by atoms with Gasteiger partial charge in [0.25, 0.3) is 0 Å². The van der Waals surface area contributed by atoms with Crippen LogP contribution in [0.2, 0.25) is 0 Å². The summed E-state index contributed by atoms with van der Waals surface area (Å²) in [5, 5.41) is 0. The van der Waals surface area contributed by atoms with E-state index in [0.29, 0.717) is 18.8 Å². The molecule has 0 saturated carbocycles. The fourth-order valence-corrected chi connectivity index (χ4v) is 4.73.